The van der Waals surface area contributed by atoms with E-state index in [0.717, 1.165) is 44.1 Å². The number of rotatable bonds is 4. The molecule has 1 saturated carbocycles. The molecule has 2 amide bonds. The molecule has 2 aromatic carbocycles. The van der Waals surface area contributed by atoms with E-state index in [0.29, 0.717) is 5.02 Å². The highest BCUT2D eigenvalue weighted by Gasteiger charge is 2.43. The van der Waals surface area contributed by atoms with Crippen LogP contribution in [0, 0.1) is 5.82 Å². The van der Waals surface area contributed by atoms with Crippen molar-refractivity contribution in [3.8, 4) is 0 Å². The summed E-state index contributed by atoms with van der Waals surface area (Å²) < 4.78 is 14.8. The first-order valence-electron chi connectivity index (χ1n) is 10.6. The van der Waals surface area contributed by atoms with Crippen LogP contribution in [0.5, 0.6) is 0 Å². The smallest absolute Gasteiger partial charge is 0.250 e. The average Bonchev–Trinajstić information content (AvgIpc) is 3.02. The third-order valence-corrected chi connectivity index (χ3v) is 6.59. The van der Waals surface area contributed by atoms with Crippen LogP contribution < -0.4 is 0 Å². The molecule has 2 aromatic rings. The van der Waals surface area contributed by atoms with Gasteiger partial charge in [0.15, 0.2) is 0 Å². The molecule has 0 bridgehead atoms. The minimum absolute atomic E-state index is 0.0406. The third kappa shape index (κ3) is 4.22. The summed E-state index contributed by atoms with van der Waals surface area (Å²) in [5, 5.41) is 0.524. The van der Waals surface area contributed by atoms with E-state index in [1.165, 1.54) is 11.0 Å². The van der Waals surface area contributed by atoms with Crippen molar-refractivity contribution in [1.82, 2.24) is 9.80 Å². The van der Waals surface area contributed by atoms with Gasteiger partial charge in [0, 0.05) is 23.2 Å². The Hall–Kier alpha value is -2.40. The number of benzene rings is 2. The summed E-state index contributed by atoms with van der Waals surface area (Å²) in [6.07, 6.45) is 6.21. The lowest BCUT2D eigenvalue weighted by atomic mass is 9.96. The maximum absolute atomic E-state index is 14.8. The number of carbonyl (C=O) groups excluding carboxylic acids is 2. The third-order valence-electron chi connectivity index (χ3n) is 6.22. The Balaban J connectivity index is 1.71. The number of nitrogens with zero attached hydrogens (tertiary/aromatic N) is 2. The van der Waals surface area contributed by atoms with Crippen molar-refractivity contribution >= 4 is 23.4 Å². The number of amides is 2. The van der Waals surface area contributed by atoms with Crippen molar-refractivity contribution in [2.24, 2.45) is 0 Å². The van der Waals surface area contributed by atoms with E-state index in [1.807, 2.05) is 18.2 Å². The predicted octanol–water partition coefficient (Wildman–Crippen LogP) is 5.11. The van der Waals surface area contributed by atoms with Crippen LogP contribution in [0.4, 0.5) is 4.39 Å². The summed E-state index contributed by atoms with van der Waals surface area (Å²) in [7, 11) is 0. The van der Waals surface area contributed by atoms with E-state index in [9.17, 15) is 14.0 Å². The van der Waals surface area contributed by atoms with Crippen LogP contribution in [0.2, 0.25) is 5.02 Å². The SMILES string of the molecule is O=C1[C@@H](c2ccccc2F)N(Cc2ccccc2Cl)C(=O)CN1C1CCCCCC1. The first kappa shape index (κ1) is 20.9. The summed E-state index contributed by atoms with van der Waals surface area (Å²) >= 11 is 6.31. The molecule has 0 spiro atoms. The van der Waals surface area contributed by atoms with Gasteiger partial charge in [0.2, 0.25) is 5.91 Å². The van der Waals surface area contributed by atoms with Crippen molar-refractivity contribution < 1.29 is 14.0 Å². The number of piperazine rings is 1. The fourth-order valence-corrected chi connectivity index (χ4v) is 4.81. The van der Waals surface area contributed by atoms with E-state index < -0.39 is 11.9 Å². The first-order valence-corrected chi connectivity index (χ1v) is 11.0. The predicted molar refractivity (Wildman–Crippen MR) is 114 cm³/mol. The molecule has 1 aliphatic carbocycles. The van der Waals surface area contributed by atoms with E-state index in [2.05, 4.69) is 0 Å². The van der Waals surface area contributed by atoms with Gasteiger partial charge in [-0.1, -0.05) is 73.7 Å². The molecular weight excluding hydrogens is 403 g/mol. The molecule has 1 atom stereocenters. The quantitative estimate of drug-likeness (QED) is 0.634. The Bertz CT molecular complexity index is 927. The van der Waals surface area contributed by atoms with E-state index >= 15 is 0 Å². The van der Waals surface area contributed by atoms with E-state index in [-0.39, 0.29) is 36.5 Å². The molecule has 0 unspecified atom stereocenters. The molecule has 158 valence electrons. The second-order valence-corrected chi connectivity index (χ2v) is 8.56. The lowest BCUT2D eigenvalue weighted by Gasteiger charge is -2.43. The molecule has 0 N–H and O–H groups in total. The zero-order chi connectivity index (χ0) is 21.1. The molecule has 0 aromatic heterocycles. The number of halogens is 2. The van der Waals surface area contributed by atoms with Gasteiger partial charge in [-0.2, -0.15) is 0 Å². The van der Waals surface area contributed by atoms with E-state index in [4.69, 9.17) is 11.6 Å². The summed E-state index contributed by atoms with van der Waals surface area (Å²) in [5.74, 6) is -0.846. The molecule has 0 radical (unpaired) electrons. The molecule has 1 saturated heterocycles. The minimum atomic E-state index is -0.980. The normalized spacial score (nSPS) is 21.1. The molecule has 1 aliphatic heterocycles. The van der Waals surface area contributed by atoms with Gasteiger partial charge in [-0.05, 0) is 30.5 Å². The highest BCUT2D eigenvalue weighted by Crippen LogP contribution is 2.34. The van der Waals surface area contributed by atoms with Gasteiger partial charge in [-0.15, -0.1) is 0 Å². The number of hydrogen-bond donors (Lipinski definition) is 0. The zero-order valence-electron chi connectivity index (χ0n) is 16.9. The fraction of sp³-hybridized carbons (Fsp3) is 0.417. The standard InChI is InChI=1S/C24H26ClFN2O2/c25-20-13-7-5-9-17(20)15-28-22(29)16-27(18-10-3-1-2-4-11-18)24(30)23(28)19-12-6-8-14-21(19)26/h5-9,12-14,18,23H,1-4,10-11,15-16H2/t23-/m1/s1. The molecule has 2 fully saturated rings. The summed E-state index contributed by atoms with van der Waals surface area (Å²) in [6.45, 7) is 0.209. The molecule has 1 heterocycles. The van der Waals surface area contributed by atoms with Crippen molar-refractivity contribution in [1.29, 1.82) is 0 Å². The first-order chi connectivity index (χ1) is 14.6. The van der Waals surface area contributed by atoms with Gasteiger partial charge in [-0.25, -0.2) is 4.39 Å². The molecule has 4 nitrogen and oxygen atoms in total. The molecule has 4 rings (SSSR count). The largest absolute Gasteiger partial charge is 0.328 e. The molecule has 2 aliphatic rings. The zero-order valence-corrected chi connectivity index (χ0v) is 17.7. The average molecular weight is 429 g/mol. The maximum atomic E-state index is 14.8. The summed E-state index contributed by atoms with van der Waals surface area (Å²) in [4.78, 5) is 30.1. The summed E-state index contributed by atoms with van der Waals surface area (Å²) in [5.41, 5.74) is 0.978. The van der Waals surface area contributed by atoms with Gasteiger partial charge in [-0.3, -0.25) is 9.59 Å². The van der Waals surface area contributed by atoms with Crippen LogP contribution in [0.1, 0.15) is 55.7 Å². The second-order valence-electron chi connectivity index (χ2n) is 8.15. The maximum Gasteiger partial charge on any atom is 0.250 e. The Morgan fingerprint density at radius 3 is 2.30 bits per heavy atom. The van der Waals surface area contributed by atoms with Crippen LogP contribution in [0.3, 0.4) is 0 Å². The number of hydrogen-bond acceptors (Lipinski definition) is 2. The molecule has 6 heteroatoms. The van der Waals surface area contributed by atoms with Crippen LogP contribution in [0.15, 0.2) is 48.5 Å². The van der Waals surface area contributed by atoms with Gasteiger partial charge in [0.1, 0.15) is 18.4 Å². The van der Waals surface area contributed by atoms with Crippen molar-refractivity contribution in [3.05, 3.63) is 70.5 Å². The van der Waals surface area contributed by atoms with Crippen LogP contribution in [-0.4, -0.2) is 34.2 Å². The molecular formula is C24H26ClFN2O2. The highest BCUT2D eigenvalue weighted by molar-refractivity contribution is 6.31. The highest BCUT2D eigenvalue weighted by atomic mass is 35.5. The molecule has 30 heavy (non-hydrogen) atoms. The fourth-order valence-electron chi connectivity index (χ4n) is 4.61. The van der Waals surface area contributed by atoms with Crippen molar-refractivity contribution in [3.63, 3.8) is 0 Å². The lowest BCUT2D eigenvalue weighted by molar-refractivity contribution is -0.159. The monoisotopic (exact) mass is 428 g/mol. The summed E-state index contributed by atoms with van der Waals surface area (Å²) in [6, 6.07) is 12.5. The van der Waals surface area contributed by atoms with Gasteiger partial charge in [0.05, 0.1) is 0 Å². The topological polar surface area (TPSA) is 40.6 Å². The second kappa shape index (κ2) is 9.17. The van der Waals surface area contributed by atoms with Gasteiger partial charge >= 0.3 is 0 Å². The van der Waals surface area contributed by atoms with Crippen LogP contribution in [-0.2, 0) is 16.1 Å². The lowest BCUT2D eigenvalue weighted by Crippen LogP contribution is -2.58. The van der Waals surface area contributed by atoms with Gasteiger partial charge in [0.25, 0.3) is 5.91 Å². The Morgan fingerprint density at radius 2 is 1.60 bits per heavy atom. The van der Waals surface area contributed by atoms with Crippen LogP contribution in [0.25, 0.3) is 0 Å². The van der Waals surface area contributed by atoms with Crippen molar-refractivity contribution in [2.45, 2.75) is 57.2 Å². The van der Waals surface area contributed by atoms with Crippen LogP contribution >= 0.6 is 11.6 Å². The van der Waals surface area contributed by atoms with Gasteiger partial charge < -0.3 is 9.80 Å². The number of carbonyl (C=O) groups is 2. The minimum Gasteiger partial charge on any atom is -0.328 e. The Labute approximate surface area is 181 Å². The Kier molecular flexibility index (Phi) is 6.38. The van der Waals surface area contributed by atoms with E-state index in [1.54, 1.807) is 29.2 Å². The van der Waals surface area contributed by atoms with Crippen molar-refractivity contribution in [2.75, 3.05) is 6.54 Å². The Morgan fingerprint density at radius 1 is 0.933 bits per heavy atom.